The van der Waals surface area contributed by atoms with Gasteiger partial charge in [0.1, 0.15) is 13.2 Å². The Morgan fingerprint density at radius 2 is 1.92 bits per heavy atom. The van der Waals surface area contributed by atoms with E-state index >= 15 is 0 Å². The first-order valence-electron chi connectivity index (χ1n) is 8.10. The molecule has 0 N–H and O–H groups in total. The van der Waals surface area contributed by atoms with Crippen LogP contribution in [-0.4, -0.2) is 37.0 Å². The van der Waals surface area contributed by atoms with E-state index in [1.807, 2.05) is 29.9 Å². The highest BCUT2D eigenvalue weighted by Crippen LogP contribution is 2.39. The number of rotatable bonds is 3. The van der Waals surface area contributed by atoms with Crippen LogP contribution in [0.1, 0.15) is 24.6 Å². The molecule has 0 bridgehead atoms. The van der Waals surface area contributed by atoms with Gasteiger partial charge < -0.3 is 14.0 Å². The number of nitrogens with zero attached hydrogens (tertiary/aromatic N) is 2. The van der Waals surface area contributed by atoms with Crippen molar-refractivity contribution in [2.45, 2.75) is 23.8 Å². The molecule has 1 unspecified atom stereocenters. The fourth-order valence-corrected chi connectivity index (χ4v) is 5.15. The van der Waals surface area contributed by atoms with Crippen molar-refractivity contribution >= 4 is 10.0 Å². The number of aromatic nitrogens is 1. The molecule has 4 rings (SSSR count). The molecule has 1 fully saturated rings. The third kappa shape index (κ3) is 2.48. The van der Waals surface area contributed by atoms with Gasteiger partial charge in [0.25, 0.3) is 0 Å². The summed E-state index contributed by atoms with van der Waals surface area (Å²) in [5.41, 5.74) is 1.02. The Hall–Kier alpha value is -1.99. The van der Waals surface area contributed by atoms with Gasteiger partial charge in [-0.2, -0.15) is 4.31 Å². The molecule has 0 aliphatic carbocycles. The maximum atomic E-state index is 13.2. The summed E-state index contributed by atoms with van der Waals surface area (Å²) in [6, 6.07) is 8.66. The number of benzene rings is 1. The van der Waals surface area contributed by atoms with Crippen molar-refractivity contribution in [1.82, 2.24) is 8.87 Å². The zero-order valence-corrected chi connectivity index (χ0v) is 14.3. The normalized spacial score (nSPS) is 21.1. The summed E-state index contributed by atoms with van der Waals surface area (Å²) in [5.74, 6) is 1.09. The zero-order chi connectivity index (χ0) is 16.7. The predicted molar refractivity (Wildman–Crippen MR) is 88.7 cm³/mol. The Labute approximate surface area is 141 Å². The van der Waals surface area contributed by atoms with Gasteiger partial charge in [-0.1, -0.05) is 0 Å². The van der Waals surface area contributed by atoms with Crippen LogP contribution in [0.4, 0.5) is 0 Å². The minimum Gasteiger partial charge on any atom is -0.486 e. The predicted octanol–water partition coefficient (Wildman–Crippen LogP) is 2.32. The lowest BCUT2D eigenvalue weighted by atomic mass is 10.1. The molecule has 1 saturated heterocycles. The monoisotopic (exact) mass is 348 g/mol. The van der Waals surface area contributed by atoms with Crippen LogP contribution in [0.3, 0.4) is 0 Å². The van der Waals surface area contributed by atoms with Crippen LogP contribution in [0.2, 0.25) is 0 Å². The van der Waals surface area contributed by atoms with Crippen molar-refractivity contribution in [2.75, 3.05) is 19.8 Å². The first-order valence-corrected chi connectivity index (χ1v) is 9.54. The quantitative estimate of drug-likeness (QED) is 0.854. The average molecular weight is 348 g/mol. The van der Waals surface area contributed by atoms with E-state index < -0.39 is 10.0 Å². The highest BCUT2D eigenvalue weighted by atomic mass is 32.2. The van der Waals surface area contributed by atoms with Crippen molar-refractivity contribution in [3.8, 4) is 11.5 Å². The molecule has 3 heterocycles. The van der Waals surface area contributed by atoms with Crippen LogP contribution >= 0.6 is 0 Å². The molecule has 1 aromatic carbocycles. The van der Waals surface area contributed by atoms with Gasteiger partial charge >= 0.3 is 0 Å². The van der Waals surface area contributed by atoms with Gasteiger partial charge in [0, 0.05) is 31.5 Å². The third-order valence-corrected chi connectivity index (χ3v) is 6.55. The second-order valence-corrected chi connectivity index (χ2v) is 8.01. The highest BCUT2D eigenvalue weighted by Gasteiger charge is 2.37. The van der Waals surface area contributed by atoms with Crippen LogP contribution in [-0.2, 0) is 17.1 Å². The molecule has 0 saturated carbocycles. The number of ether oxygens (including phenoxy) is 2. The molecular formula is C17H20N2O4S. The van der Waals surface area contributed by atoms with E-state index in [0.29, 0.717) is 31.3 Å². The summed E-state index contributed by atoms with van der Waals surface area (Å²) < 4.78 is 40.9. The first kappa shape index (κ1) is 15.5. The van der Waals surface area contributed by atoms with Gasteiger partial charge in [-0.25, -0.2) is 8.42 Å². The molecule has 7 heteroatoms. The van der Waals surface area contributed by atoms with E-state index in [2.05, 4.69) is 0 Å². The minimum atomic E-state index is -3.58. The SMILES string of the molecule is Cn1cccc1C1CCCN1S(=O)(=O)c1ccc2c(c1)OCCO2. The first-order chi connectivity index (χ1) is 11.6. The summed E-state index contributed by atoms with van der Waals surface area (Å²) >= 11 is 0. The molecule has 6 nitrogen and oxygen atoms in total. The topological polar surface area (TPSA) is 60.8 Å². The van der Waals surface area contributed by atoms with Gasteiger partial charge in [-0.3, -0.25) is 0 Å². The van der Waals surface area contributed by atoms with Gasteiger partial charge in [0.2, 0.25) is 10.0 Å². The molecule has 1 atom stereocenters. The summed E-state index contributed by atoms with van der Waals surface area (Å²) in [4.78, 5) is 0.257. The Balaban J connectivity index is 1.70. The lowest BCUT2D eigenvalue weighted by molar-refractivity contribution is 0.171. The molecule has 0 amide bonds. The minimum absolute atomic E-state index is 0.122. The number of aryl methyl sites for hydroxylation is 1. The molecule has 1 aromatic heterocycles. The second kappa shape index (κ2) is 5.82. The van der Waals surface area contributed by atoms with Crippen molar-refractivity contribution < 1.29 is 17.9 Å². The molecule has 128 valence electrons. The molecule has 24 heavy (non-hydrogen) atoms. The summed E-state index contributed by atoms with van der Waals surface area (Å²) in [6.45, 7) is 1.46. The fourth-order valence-electron chi connectivity index (χ4n) is 3.46. The van der Waals surface area contributed by atoms with E-state index in [1.54, 1.807) is 22.5 Å². The number of sulfonamides is 1. The Bertz CT molecular complexity index is 859. The van der Waals surface area contributed by atoms with E-state index in [9.17, 15) is 8.42 Å². The fraction of sp³-hybridized carbons (Fsp3) is 0.412. The van der Waals surface area contributed by atoms with Crippen molar-refractivity contribution in [2.24, 2.45) is 7.05 Å². The van der Waals surface area contributed by atoms with Gasteiger partial charge in [0.05, 0.1) is 10.9 Å². The van der Waals surface area contributed by atoms with E-state index in [4.69, 9.17) is 9.47 Å². The van der Waals surface area contributed by atoms with Crippen molar-refractivity contribution in [1.29, 1.82) is 0 Å². The molecule has 2 aliphatic rings. The standard InChI is InChI=1S/C17H20N2O4S/c1-18-8-2-4-14(18)15-5-3-9-19(15)24(20,21)13-6-7-16-17(12-13)23-11-10-22-16/h2,4,6-8,12,15H,3,5,9-11H2,1H3. The Morgan fingerprint density at radius 3 is 2.67 bits per heavy atom. The summed E-state index contributed by atoms with van der Waals surface area (Å²) in [7, 11) is -1.63. The number of hydrogen-bond donors (Lipinski definition) is 0. The van der Waals surface area contributed by atoms with Gasteiger partial charge in [-0.15, -0.1) is 0 Å². The molecule has 0 radical (unpaired) electrons. The Kier molecular flexibility index (Phi) is 3.77. The van der Waals surface area contributed by atoms with Crippen molar-refractivity contribution in [3.63, 3.8) is 0 Å². The van der Waals surface area contributed by atoms with Crippen LogP contribution < -0.4 is 9.47 Å². The maximum Gasteiger partial charge on any atom is 0.243 e. The maximum absolute atomic E-state index is 13.2. The lowest BCUT2D eigenvalue weighted by Gasteiger charge is -2.25. The van der Waals surface area contributed by atoms with E-state index in [0.717, 1.165) is 18.5 Å². The summed E-state index contributed by atoms with van der Waals surface area (Å²) in [5, 5.41) is 0. The number of fused-ring (bicyclic) bond motifs is 1. The van der Waals surface area contributed by atoms with Crippen LogP contribution in [0.5, 0.6) is 11.5 Å². The summed E-state index contributed by atoms with van der Waals surface area (Å²) in [6.07, 6.45) is 3.64. The van der Waals surface area contributed by atoms with Gasteiger partial charge in [-0.05, 0) is 37.1 Å². The molecular weight excluding hydrogens is 328 g/mol. The zero-order valence-electron chi connectivity index (χ0n) is 13.5. The van der Waals surface area contributed by atoms with Crippen LogP contribution in [0.25, 0.3) is 0 Å². The molecule has 2 aromatic rings. The van der Waals surface area contributed by atoms with Gasteiger partial charge in [0.15, 0.2) is 11.5 Å². The number of hydrogen-bond acceptors (Lipinski definition) is 4. The lowest BCUT2D eigenvalue weighted by Crippen LogP contribution is -2.31. The second-order valence-electron chi connectivity index (χ2n) is 6.12. The van der Waals surface area contributed by atoms with E-state index in [-0.39, 0.29) is 10.9 Å². The van der Waals surface area contributed by atoms with Crippen LogP contribution in [0.15, 0.2) is 41.4 Å². The highest BCUT2D eigenvalue weighted by molar-refractivity contribution is 7.89. The smallest absolute Gasteiger partial charge is 0.243 e. The van der Waals surface area contributed by atoms with Crippen molar-refractivity contribution in [3.05, 3.63) is 42.2 Å². The molecule has 2 aliphatic heterocycles. The van der Waals surface area contributed by atoms with Crippen LogP contribution in [0, 0.1) is 0 Å². The third-order valence-electron chi connectivity index (χ3n) is 4.65. The van der Waals surface area contributed by atoms with E-state index in [1.165, 1.54) is 0 Å². The largest absolute Gasteiger partial charge is 0.486 e. The molecule has 0 spiro atoms. The Morgan fingerprint density at radius 1 is 1.12 bits per heavy atom. The average Bonchev–Trinajstić information content (AvgIpc) is 3.23.